The van der Waals surface area contributed by atoms with Crippen LogP contribution in [0, 0.1) is 0 Å². The van der Waals surface area contributed by atoms with Crippen molar-refractivity contribution >= 4 is 11.6 Å². The first kappa shape index (κ1) is 20.1. The Morgan fingerprint density at radius 1 is 1.10 bits per heavy atom. The maximum atomic E-state index is 5.76. The lowest BCUT2D eigenvalue weighted by molar-refractivity contribution is 0.145. The van der Waals surface area contributed by atoms with Crippen molar-refractivity contribution in [3.63, 3.8) is 0 Å². The second-order valence-corrected chi connectivity index (χ2v) is 8.30. The smallest absolute Gasteiger partial charge is 0.220 e. The van der Waals surface area contributed by atoms with Crippen LogP contribution >= 0.6 is 0 Å². The summed E-state index contributed by atoms with van der Waals surface area (Å²) in [4.78, 5) is 16.5. The summed E-state index contributed by atoms with van der Waals surface area (Å²) in [6, 6.07) is 11.4. The first-order valence-corrected chi connectivity index (χ1v) is 11.1. The highest BCUT2D eigenvalue weighted by Crippen LogP contribution is 2.24. The number of aryl methyl sites for hydroxylation is 1. The van der Waals surface area contributed by atoms with Gasteiger partial charge in [0, 0.05) is 62.9 Å². The van der Waals surface area contributed by atoms with E-state index in [0.29, 0.717) is 12.0 Å². The molecule has 156 valence electrons. The van der Waals surface area contributed by atoms with Crippen LogP contribution in [0.15, 0.2) is 36.5 Å². The van der Waals surface area contributed by atoms with E-state index in [1.54, 1.807) is 0 Å². The maximum Gasteiger partial charge on any atom is 0.220 e. The van der Waals surface area contributed by atoms with Crippen LogP contribution in [0.3, 0.4) is 0 Å². The molecular weight excluding hydrogens is 360 g/mol. The summed E-state index contributed by atoms with van der Waals surface area (Å²) >= 11 is 0. The van der Waals surface area contributed by atoms with E-state index in [4.69, 9.17) is 5.73 Å². The molecule has 1 aliphatic carbocycles. The molecule has 6 heteroatoms. The summed E-state index contributed by atoms with van der Waals surface area (Å²) in [6.45, 7) is 10.3. The number of fused-ring (bicyclic) bond motifs is 1. The van der Waals surface area contributed by atoms with Crippen LogP contribution in [0.5, 0.6) is 0 Å². The molecule has 0 bridgehead atoms. The van der Waals surface area contributed by atoms with Crippen LogP contribution < -0.4 is 10.6 Å². The van der Waals surface area contributed by atoms with Crippen LogP contribution in [0.1, 0.15) is 31.0 Å². The molecular formula is C23H34N6. The second-order valence-electron chi connectivity index (χ2n) is 8.30. The Hall–Kier alpha value is -2.18. The van der Waals surface area contributed by atoms with Gasteiger partial charge in [-0.15, -0.1) is 0 Å². The molecule has 0 radical (unpaired) electrons. The zero-order chi connectivity index (χ0) is 20.1. The van der Waals surface area contributed by atoms with Crippen molar-refractivity contribution < 1.29 is 0 Å². The van der Waals surface area contributed by atoms with Gasteiger partial charge in [0.25, 0.3) is 0 Å². The van der Waals surface area contributed by atoms with Gasteiger partial charge in [-0.1, -0.05) is 25.1 Å². The van der Waals surface area contributed by atoms with Crippen molar-refractivity contribution in [2.75, 3.05) is 56.4 Å². The van der Waals surface area contributed by atoms with Crippen molar-refractivity contribution in [2.24, 2.45) is 0 Å². The predicted molar refractivity (Wildman–Crippen MR) is 119 cm³/mol. The Morgan fingerprint density at radius 2 is 1.90 bits per heavy atom. The highest BCUT2D eigenvalue weighted by molar-refractivity contribution is 5.46. The molecule has 1 aliphatic heterocycles. The molecule has 1 unspecified atom stereocenters. The number of nitrogen functional groups attached to an aromatic ring is 1. The van der Waals surface area contributed by atoms with E-state index < -0.39 is 0 Å². The third-order valence-corrected chi connectivity index (χ3v) is 6.37. The van der Waals surface area contributed by atoms with Gasteiger partial charge in [0.2, 0.25) is 5.95 Å². The fourth-order valence-corrected chi connectivity index (χ4v) is 4.72. The lowest BCUT2D eigenvalue weighted by Crippen LogP contribution is -2.50. The van der Waals surface area contributed by atoms with E-state index in [1.807, 2.05) is 6.20 Å². The lowest BCUT2D eigenvalue weighted by atomic mass is 9.91. The van der Waals surface area contributed by atoms with E-state index in [-0.39, 0.29) is 0 Å². The summed E-state index contributed by atoms with van der Waals surface area (Å²) in [5, 5.41) is 0. The first-order valence-electron chi connectivity index (χ1n) is 11.1. The van der Waals surface area contributed by atoms with E-state index >= 15 is 0 Å². The molecule has 1 fully saturated rings. The van der Waals surface area contributed by atoms with Crippen molar-refractivity contribution in [1.82, 2.24) is 19.8 Å². The van der Waals surface area contributed by atoms with E-state index in [9.17, 15) is 0 Å². The van der Waals surface area contributed by atoms with E-state index in [1.165, 1.54) is 30.6 Å². The van der Waals surface area contributed by atoms with Crippen LogP contribution in [-0.4, -0.2) is 71.6 Å². The van der Waals surface area contributed by atoms with Crippen molar-refractivity contribution in [1.29, 1.82) is 0 Å². The van der Waals surface area contributed by atoms with Gasteiger partial charge in [-0.25, -0.2) is 9.97 Å². The number of rotatable bonds is 7. The van der Waals surface area contributed by atoms with Crippen LogP contribution in [0.4, 0.5) is 11.6 Å². The van der Waals surface area contributed by atoms with E-state index in [0.717, 1.165) is 57.8 Å². The van der Waals surface area contributed by atoms with Crippen molar-refractivity contribution in [3.05, 3.63) is 47.8 Å². The van der Waals surface area contributed by atoms with Gasteiger partial charge in [-0.3, -0.25) is 9.80 Å². The second kappa shape index (κ2) is 9.55. The van der Waals surface area contributed by atoms with Crippen LogP contribution in [-0.2, 0) is 12.8 Å². The summed E-state index contributed by atoms with van der Waals surface area (Å²) in [7, 11) is 0. The Morgan fingerprint density at radius 3 is 2.66 bits per heavy atom. The Kier molecular flexibility index (Phi) is 6.62. The number of aromatic nitrogens is 2. The van der Waals surface area contributed by atoms with Crippen molar-refractivity contribution in [2.45, 2.75) is 38.6 Å². The van der Waals surface area contributed by atoms with E-state index in [2.05, 4.69) is 61.9 Å². The van der Waals surface area contributed by atoms with Gasteiger partial charge in [-0.2, -0.15) is 0 Å². The highest BCUT2D eigenvalue weighted by atomic mass is 15.3. The number of nitrogens with zero attached hydrogens (tertiary/aromatic N) is 5. The fraction of sp³-hybridized carbons (Fsp3) is 0.565. The topological polar surface area (TPSA) is 61.5 Å². The summed E-state index contributed by atoms with van der Waals surface area (Å²) in [6.07, 6.45) is 6.38. The summed E-state index contributed by atoms with van der Waals surface area (Å²) in [5.74, 6) is 0.405. The molecule has 2 N–H and O–H groups in total. The minimum absolute atomic E-state index is 0.405. The average molecular weight is 395 g/mol. The fourth-order valence-electron chi connectivity index (χ4n) is 4.72. The standard InChI is InChI=1S/C23H34N6/c1-2-10-28(21-8-9-22-19(17-21)18-25-23(24)26-22)14-11-27-12-15-29(16-13-27)20-6-4-3-5-7-20/h3-7,18,21H,2,8-17H2,1H3,(H2,24,25,26). The molecule has 2 aliphatic rings. The zero-order valence-electron chi connectivity index (χ0n) is 17.6. The Labute approximate surface area is 174 Å². The molecule has 0 saturated carbocycles. The van der Waals surface area contributed by atoms with Gasteiger partial charge >= 0.3 is 0 Å². The molecule has 6 nitrogen and oxygen atoms in total. The molecule has 0 amide bonds. The summed E-state index contributed by atoms with van der Waals surface area (Å²) in [5.41, 5.74) is 9.55. The highest BCUT2D eigenvalue weighted by Gasteiger charge is 2.26. The number of piperazine rings is 1. The largest absolute Gasteiger partial charge is 0.369 e. The third kappa shape index (κ3) is 5.06. The number of nitrogens with two attached hydrogens (primary N) is 1. The molecule has 0 spiro atoms. The number of anilines is 2. The predicted octanol–water partition coefficient (Wildman–Crippen LogP) is 2.45. The van der Waals surface area contributed by atoms with Crippen LogP contribution in [0.25, 0.3) is 0 Å². The minimum Gasteiger partial charge on any atom is -0.369 e. The molecule has 1 aromatic carbocycles. The van der Waals surface area contributed by atoms with Gasteiger partial charge in [-0.05, 0) is 49.9 Å². The molecule has 29 heavy (non-hydrogen) atoms. The lowest BCUT2D eigenvalue weighted by Gasteiger charge is -2.39. The normalized spacial score (nSPS) is 20.1. The molecule has 2 heterocycles. The maximum absolute atomic E-state index is 5.76. The third-order valence-electron chi connectivity index (χ3n) is 6.37. The molecule has 1 atom stereocenters. The SMILES string of the molecule is CCCN(CCN1CCN(c2ccccc2)CC1)C1CCc2nc(N)ncc2C1. The number of hydrogen-bond acceptors (Lipinski definition) is 6. The number of para-hydroxylation sites is 1. The van der Waals surface area contributed by atoms with Crippen LogP contribution in [0.2, 0.25) is 0 Å². The zero-order valence-corrected chi connectivity index (χ0v) is 17.6. The monoisotopic (exact) mass is 394 g/mol. The number of hydrogen-bond donors (Lipinski definition) is 1. The Balaban J connectivity index is 1.29. The minimum atomic E-state index is 0.405. The quantitative estimate of drug-likeness (QED) is 0.778. The molecule has 4 rings (SSSR count). The average Bonchev–Trinajstić information content (AvgIpc) is 2.77. The van der Waals surface area contributed by atoms with Crippen molar-refractivity contribution in [3.8, 4) is 0 Å². The molecule has 1 saturated heterocycles. The van der Waals surface area contributed by atoms with Gasteiger partial charge in [0.1, 0.15) is 0 Å². The van der Waals surface area contributed by atoms with Gasteiger partial charge in [0.15, 0.2) is 0 Å². The van der Waals surface area contributed by atoms with Gasteiger partial charge < -0.3 is 10.6 Å². The van der Waals surface area contributed by atoms with Gasteiger partial charge in [0.05, 0.1) is 0 Å². The molecule has 2 aromatic rings. The summed E-state index contributed by atoms with van der Waals surface area (Å²) < 4.78 is 0. The number of benzene rings is 1. The molecule has 1 aromatic heterocycles. The first-order chi connectivity index (χ1) is 14.2. The Bertz CT molecular complexity index is 772.